The molecule has 140 valence electrons. The topological polar surface area (TPSA) is 53.6 Å². The number of ether oxygens (including phenoxy) is 2. The molecule has 0 radical (unpaired) electrons. The van der Waals surface area contributed by atoms with Gasteiger partial charge in [-0.25, -0.2) is 0 Å². The van der Waals surface area contributed by atoms with E-state index in [1.54, 1.807) is 11.8 Å². The maximum Gasteiger partial charge on any atom is 0.237 e. The molecule has 0 saturated carbocycles. The standard InChI is InChI=1S/C20H22N4O2S/c1-3-25-15-9-11-16(12-10-15)26-14-13-23-17-7-5-6-8-18(17)24-19(23)21-22-20(24)27-4-2/h5-12H,3-4,13-14H2,1-2H3. The van der Waals surface area contributed by atoms with Crippen LogP contribution in [0.1, 0.15) is 13.8 Å². The van der Waals surface area contributed by atoms with E-state index in [4.69, 9.17) is 9.47 Å². The summed E-state index contributed by atoms with van der Waals surface area (Å²) in [5.74, 6) is 3.49. The van der Waals surface area contributed by atoms with Crippen molar-refractivity contribution in [2.24, 2.45) is 0 Å². The predicted molar refractivity (Wildman–Crippen MR) is 108 cm³/mol. The van der Waals surface area contributed by atoms with Gasteiger partial charge in [0.15, 0.2) is 5.16 Å². The van der Waals surface area contributed by atoms with Gasteiger partial charge in [0.25, 0.3) is 0 Å². The van der Waals surface area contributed by atoms with E-state index in [1.165, 1.54) is 0 Å². The van der Waals surface area contributed by atoms with Crippen LogP contribution >= 0.6 is 11.8 Å². The Hall–Kier alpha value is -2.67. The number of fused-ring (bicyclic) bond motifs is 3. The summed E-state index contributed by atoms with van der Waals surface area (Å²) in [6.45, 7) is 6.00. The van der Waals surface area contributed by atoms with E-state index in [0.717, 1.165) is 39.2 Å². The molecule has 7 heteroatoms. The van der Waals surface area contributed by atoms with E-state index in [9.17, 15) is 0 Å². The van der Waals surface area contributed by atoms with Gasteiger partial charge in [0, 0.05) is 0 Å². The molecule has 2 aromatic carbocycles. The maximum absolute atomic E-state index is 5.93. The second-order valence-electron chi connectivity index (χ2n) is 5.94. The van der Waals surface area contributed by atoms with Crippen LogP contribution in [0.4, 0.5) is 0 Å². The number of aromatic nitrogens is 4. The predicted octanol–water partition coefficient (Wildman–Crippen LogP) is 4.27. The average Bonchev–Trinajstić information content (AvgIpc) is 3.23. The van der Waals surface area contributed by atoms with E-state index in [0.29, 0.717) is 19.8 Å². The first kappa shape index (κ1) is 17.7. The van der Waals surface area contributed by atoms with Crippen LogP contribution in [-0.4, -0.2) is 38.1 Å². The monoisotopic (exact) mass is 382 g/mol. The fourth-order valence-corrected chi connectivity index (χ4v) is 3.80. The number of hydrogen-bond donors (Lipinski definition) is 0. The lowest BCUT2D eigenvalue weighted by molar-refractivity contribution is 0.300. The first-order valence-corrected chi connectivity index (χ1v) is 10.1. The number of hydrogen-bond acceptors (Lipinski definition) is 5. The van der Waals surface area contributed by atoms with Gasteiger partial charge < -0.3 is 14.0 Å². The average molecular weight is 382 g/mol. The van der Waals surface area contributed by atoms with Crippen molar-refractivity contribution < 1.29 is 9.47 Å². The molecule has 2 heterocycles. The number of rotatable bonds is 8. The Labute approximate surface area is 162 Å². The lowest BCUT2D eigenvalue weighted by Gasteiger charge is -2.09. The number of benzene rings is 2. The van der Waals surface area contributed by atoms with Gasteiger partial charge in [-0.15, -0.1) is 10.2 Å². The maximum atomic E-state index is 5.93. The normalized spacial score (nSPS) is 11.3. The fraction of sp³-hybridized carbons (Fsp3) is 0.300. The van der Waals surface area contributed by atoms with Crippen molar-refractivity contribution in [3.8, 4) is 11.5 Å². The molecule has 0 aliphatic heterocycles. The number of imidazole rings is 1. The molecule has 0 unspecified atom stereocenters. The lowest BCUT2D eigenvalue weighted by atomic mass is 10.3. The molecule has 0 fully saturated rings. The molecule has 0 bridgehead atoms. The highest BCUT2D eigenvalue weighted by atomic mass is 32.2. The number of nitrogens with zero attached hydrogens (tertiary/aromatic N) is 4. The third-order valence-corrected chi connectivity index (χ3v) is 5.07. The van der Waals surface area contributed by atoms with Crippen molar-refractivity contribution in [1.82, 2.24) is 19.2 Å². The summed E-state index contributed by atoms with van der Waals surface area (Å²) in [6.07, 6.45) is 0. The first-order valence-electron chi connectivity index (χ1n) is 9.12. The Balaban J connectivity index is 1.56. The van der Waals surface area contributed by atoms with Crippen LogP contribution in [0.5, 0.6) is 11.5 Å². The van der Waals surface area contributed by atoms with Gasteiger partial charge in [-0.05, 0) is 49.1 Å². The second-order valence-corrected chi connectivity index (χ2v) is 7.18. The number of para-hydroxylation sites is 2. The minimum Gasteiger partial charge on any atom is -0.494 e. The molecule has 4 aromatic rings. The van der Waals surface area contributed by atoms with Crippen molar-refractivity contribution in [3.05, 3.63) is 48.5 Å². The Bertz CT molecular complexity index is 1040. The summed E-state index contributed by atoms with van der Waals surface area (Å²) in [4.78, 5) is 0. The van der Waals surface area contributed by atoms with Gasteiger partial charge in [-0.3, -0.25) is 4.40 Å². The molecule has 0 aliphatic carbocycles. The molecule has 2 aromatic heterocycles. The Morgan fingerprint density at radius 1 is 0.889 bits per heavy atom. The quantitative estimate of drug-likeness (QED) is 0.426. The summed E-state index contributed by atoms with van der Waals surface area (Å²) < 4.78 is 15.7. The highest BCUT2D eigenvalue weighted by Crippen LogP contribution is 2.25. The molecule has 0 atom stereocenters. The Kier molecular flexibility index (Phi) is 5.20. The van der Waals surface area contributed by atoms with Crippen LogP contribution < -0.4 is 9.47 Å². The molecule has 0 amide bonds. The van der Waals surface area contributed by atoms with Gasteiger partial charge in [0.05, 0.1) is 24.2 Å². The van der Waals surface area contributed by atoms with Gasteiger partial charge in [-0.2, -0.15) is 0 Å². The Morgan fingerprint density at radius 2 is 1.59 bits per heavy atom. The molecular formula is C20H22N4O2S. The molecule has 0 aliphatic rings. The van der Waals surface area contributed by atoms with E-state index in [-0.39, 0.29) is 0 Å². The van der Waals surface area contributed by atoms with Crippen LogP contribution in [0, 0.1) is 0 Å². The van der Waals surface area contributed by atoms with E-state index < -0.39 is 0 Å². The van der Waals surface area contributed by atoms with E-state index in [1.807, 2.05) is 43.3 Å². The van der Waals surface area contributed by atoms with Crippen molar-refractivity contribution in [1.29, 1.82) is 0 Å². The second kappa shape index (κ2) is 7.92. The number of thioether (sulfide) groups is 1. The van der Waals surface area contributed by atoms with Gasteiger partial charge in [0.2, 0.25) is 5.78 Å². The highest BCUT2D eigenvalue weighted by molar-refractivity contribution is 7.99. The van der Waals surface area contributed by atoms with Gasteiger partial charge >= 0.3 is 0 Å². The molecule has 4 rings (SSSR count). The largest absolute Gasteiger partial charge is 0.494 e. The summed E-state index contributed by atoms with van der Waals surface area (Å²) >= 11 is 1.70. The third-order valence-electron chi connectivity index (χ3n) is 4.26. The lowest BCUT2D eigenvalue weighted by Crippen LogP contribution is -2.08. The van der Waals surface area contributed by atoms with Crippen molar-refractivity contribution in [2.75, 3.05) is 19.0 Å². The van der Waals surface area contributed by atoms with Gasteiger partial charge in [-0.1, -0.05) is 30.8 Å². The van der Waals surface area contributed by atoms with Gasteiger partial charge in [0.1, 0.15) is 18.1 Å². The van der Waals surface area contributed by atoms with Crippen LogP contribution in [0.3, 0.4) is 0 Å². The Morgan fingerprint density at radius 3 is 2.30 bits per heavy atom. The summed E-state index contributed by atoms with van der Waals surface area (Å²) in [6, 6.07) is 16.0. The zero-order valence-electron chi connectivity index (χ0n) is 15.5. The summed E-state index contributed by atoms with van der Waals surface area (Å²) in [5, 5.41) is 9.69. The summed E-state index contributed by atoms with van der Waals surface area (Å²) in [5.41, 5.74) is 2.25. The molecular weight excluding hydrogens is 360 g/mol. The van der Waals surface area contributed by atoms with Crippen molar-refractivity contribution >= 4 is 28.6 Å². The summed E-state index contributed by atoms with van der Waals surface area (Å²) in [7, 11) is 0. The first-order chi connectivity index (χ1) is 13.3. The van der Waals surface area contributed by atoms with E-state index in [2.05, 4.69) is 38.2 Å². The highest BCUT2D eigenvalue weighted by Gasteiger charge is 2.16. The SMILES string of the molecule is CCOc1ccc(OCCn2c3ccccc3n3c(SCC)nnc23)cc1. The fourth-order valence-electron chi connectivity index (χ4n) is 3.13. The van der Waals surface area contributed by atoms with Crippen LogP contribution in [-0.2, 0) is 6.54 Å². The van der Waals surface area contributed by atoms with E-state index >= 15 is 0 Å². The van der Waals surface area contributed by atoms with Crippen molar-refractivity contribution in [2.45, 2.75) is 25.5 Å². The molecule has 0 spiro atoms. The molecule has 0 saturated heterocycles. The van der Waals surface area contributed by atoms with Crippen LogP contribution in [0.2, 0.25) is 0 Å². The van der Waals surface area contributed by atoms with Crippen molar-refractivity contribution in [3.63, 3.8) is 0 Å². The van der Waals surface area contributed by atoms with Crippen LogP contribution in [0.25, 0.3) is 16.8 Å². The zero-order chi connectivity index (χ0) is 18.6. The molecule has 0 N–H and O–H groups in total. The molecule has 6 nitrogen and oxygen atoms in total. The minimum atomic E-state index is 0.547. The third kappa shape index (κ3) is 3.47. The minimum absolute atomic E-state index is 0.547. The zero-order valence-corrected chi connectivity index (χ0v) is 16.3. The molecule has 27 heavy (non-hydrogen) atoms. The van der Waals surface area contributed by atoms with Crippen LogP contribution in [0.15, 0.2) is 53.7 Å². The smallest absolute Gasteiger partial charge is 0.237 e.